The lowest BCUT2D eigenvalue weighted by molar-refractivity contribution is -0.140. The van der Waals surface area contributed by atoms with Crippen LogP contribution in [-0.2, 0) is 19.1 Å². The van der Waals surface area contributed by atoms with Crippen molar-refractivity contribution in [2.45, 2.75) is 0 Å². The zero-order chi connectivity index (χ0) is 15.8. The Morgan fingerprint density at radius 1 is 0.857 bits per heavy atom. The first-order valence-corrected chi connectivity index (χ1v) is 5.76. The van der Waals surface area contributed by atoms with Crippen LogP contribution in [0, 0.1) is 0 Å². The molecule has 1 heterocycles. The van der Waals surface area contributed by atoms with Crippen LogP contribution in [-0.4, -0.2) is 68.4 Å². The van der Waals surface area contributed by atoms with E-state index in [2.05, 4.69) is 24.4 Å². The van der Waals surface area contributed by atoms with Crippen LogP contribution < -0.4 is 14.4 Å². The second-order valence-corrected chi connectivity index (χ2v) is 3.62. The highest BCUT2D eigenvalue weighted by atomic mass is 16.5. The van der Waals surface area contributed by atoms with Crippen LogP contribution in [0.1, 0.15) is 0 Å². The van der Waals surface area contributed by atoms with E-state index in [4.69, 9.17) is 9.47 Å². The molecule has 0 saturated carbocycles. The lowest BCUT2D eigenvalue weighted by Crippen LogP contribution is -2.37. The number of ether oxygens (including phenoxy) is 4. The van der Waals surface area contributed by atoms with Gasteiger partial charge < -0.3 is 23.8 Å². The third-order valence-electron chi connectivity index (χ3n) is 2.33. The summed E-state index contributed by atoms with van der Waals surface area (Å²) in [6.07, 6.45) is 0. The highest BCUT2D eigenvalue weighted by Crippen LogP contribution is 2.16. The zero-order valence-electron chi connectivity index (χ0n) is 12.2. The predicted molar refractivity (Wildman–Crippen MR) is 69.2 cm³/mol. The van der Waals surface area contributed by atoms with Crippen LogP contribution >= 0.6 is 0 Å². The van der Waals surface area contributed by atoms with Crippen LogP contribution in [0.4, 0.5) is 5.95 Å². The molecule has 0 saturated heterocycles. The molecule has 0 aliphatic carbocycles. The molecule has 0 amide bonds. The number of carbonyl (C=O) groups excluding carboxylic acids is 2. The van der Waals surface area contributed by atoms with Crippen molar-refractivity contribution in [3.8, 4) is 12.0 Å². The molecule has 10 heteroatoms. The average Bonchev–Trinajstić information content (AvgIpc) is 2.52. The van der Waals surface area contributed by atoms with Gasteiger partial charge in [-0.25, -0.2) is 0 Å². The van der Waals surface area contributed by atoms with Gasteiger partial charge in [0.1, 0.15) is 13.1 Å². The summed E-state index contributed by atoms with van der Waals surface area (Å²) in [6, 6.07) is -0.0341. The van der Waals surface area contributed by atoms with Crippen molar-refractivity contribution >= 4 is 17.9 Å². The standard InChI is InChI=1S/C11H16N4O6/c1-18-7(16)5-15(6-8(17)19-2)9-12-10(20-3)14-11(13-9)21-4/h5-6H2,1-4H3. The number of hydrogen-bond donors (Lipinski definition) is 0. The molecule has 0 fully saturated rings. The second kappa shape index (κ2) is 7.82. The zero-order valence-corrected chi connectivity index (χ0v) is 12.2. The van der Waals surface area contributed by atoms with Gasteiger partial charge in [0.2, 0.25) is 5.95 Å². The average molecular weight is 300 g/mol. The molecule has 10 nitrogen and oxygen atoms in total. The first kappa shape index (κ1) is 16.4. The van der Waals surface area contributed by atoms with Crippen LogP contribution in [0.5, 0.6) is 12.0 Å². The van der Waals surface area contributed by atoms with Gasteiger partial charge in [0.15, 0.2) is 0 Å². The molecule has 21 heavy (non-hydrogen) atoms. The fourth-order valence-electron chi connectivity index (χ4n) is 1.29. The quantitative estimate of drug-likeness (QED) is 0.583. The third-order valence-corrected chi connectivity index (χ3v) is 2.33. The van der Waals surface area contributed by atoms with E-state index in [9.17, 15) is 9.59 Å². The van der Waals surface area contributed by atoms with E-state index in [1.807, 2.05) is 0 Å². The van der Waals surface area contributed by atoms with Crippen molar-refractivity contribution in [3.05, 3.63) is 0 Å². The van der Waals surface area contributed by atoms with E-state index in [1.165, 1.54) is 33.3 Å². The van der Waals surface area contributed by atoms with Gasteiger partial charge >= 0.3 is 24.0 Å². The molecule has 0 aliphatic rings. The Balaban J connectivity index is 3.10. The molecule has 116 valence electrons. The van der Waals surface area contributed by atoms with Crippen molar-refractivity contribution in [3.63, 3.8) is 0 Å². The molecule has 0 bridgehead atoms. The minimum absolute atomic E-state index is 0.0171. The van der Waals surface area contributed by atoms with Gasteiger partial charge in [-0.05, 0) is 0 Å². The normalized spacial score (nSPS) is 9.71. The lowest BCUT2D eigenvalue weighted by Gasteiger charge is -2.20. The highest BCUT2D eigenvalue weighted by molar-refractivity contribution is 5.80. The summed E-state index contributed by atoms with van der Waals surface area (Å²) < 4.78 is 18.9. The first-order valence-electron chi connectivity index (χ1n) is 5.76. The molecule has 0 aliphatic heterocycles. The molecular weight excluding hydrogens is 284 g/mol. The van der Waals surface area contributed by atoms with Crippen LogP contribution in [0.3, 0.4) is 0 Å². The number of carbonyl (C=O) groups is 2. The van der Waals surface area contributed by atoms with Crippen molar-refractivity contribution in [2.24, 2.45) is 0 Å². The minimum Gasteiger partial charge on any atom is -0.468 e. The summed E-state index contributed by atoms with van der Waals surface area (Å²) >= 11 is 0. The van der Waals surface area contributed by atoms with Crippen molar-refractivity contribution in [2.75, 3.05) is 46.4 Å². The Hall–Kier alpha value is -2.65. The monoisotopic (exact) mass is 300 g/mol. The van der Waals surface area contributed by atoms with Gasteiger partial charge in [-0.3, -0.25) is 9.59 Å². The maximum atomic E-state index is 11.4. The molecular formula is C11H16N4O6. The maximum Gasteiger partial charge on any atom is 0.325 e. The van der Waals surface area contributed by atoms with E-state index in [-0.39, 0.29) is 31.1 Å². The topological polar surface area (TPSA) is 113 Å². The molecule has 0 atom stereocenters. The molecule has 1 aromatic heterocycles. The van der Waals surface area contributed by atoms with Crippen molar-refractivity contribution in [1.29, 1.82) is 0 Å². The van der Waals surface area contributed by atoms with E-state index in [0.717, 1.165) is 0 Å². The largest absolute Gasteiger partial charge is 0.468 e. The van der Waals surface area contributed by atoms with Gasteiger partial charge in [0.05, 0.1) is 28.4 Å². The highest BCUT2D eigenvalue weighted by Gasteiger charge is 2.21. The number of rotatable bonds is 7. The van der Waals surface area contributed by atoms with E-state index in [0.29, 0.717) is 0 Å². The number of aromatic nitrogens is 3. The number of esters is 2. The van der Waals surface area contributed by atoms with Crippen LogP contribution in [0.15, 0.2) is 0 Å². The first-order chi connectivity index (χ1) is 10.0. The van der Waals surface area contributed by atoms with Crippen LogP contribution in [0.2, 0.25) is 0 Å². The fraction of sp³-hybridized carbons (Fsp3) is 0.545. The number of methoxy groups -OCH3 is 4. The maximum absolute atomic E-state index is 11.4. The Bertz CT molecular complexity index is 469. The van der Waals surface area contributed by atoms with Gasteiger partial charge in [-0.2, -0.15) is 9.97 Å². The molecule has 0 N–H and O–H groups in total. The number of nitrogens with zero attached hydrogens (tertiary/aromatic N) is 4. The lowest BCUT2D eigenvalue weighted by atomic mass is 10.5. The molecule has 0 spiro atoms. The Kier molecular flexibility index (Phi) is 6.11. The van der Waals surface area contributed by atoms with Gasteiger partial charge in [-0.1, -0.05) is 0 Å². The Morgan fingerprint density at radius 3 is 1.62 bits per heavy atom. The molecule has 1 rings (SSSR count). The van der Waals surface area contributed by atoms with E-state index in [1.54, 1.807) is 0 Å². The van der Waals surface area contributed by atoms with Crippen molar-refractivity contribution < 1.29 is 28.5 Å². The van der Waals surface area contributed by atoms with Crippen LogP contribution in [0.25, 0.3) is 0 Å². The van der Waals surface area contributed by atoms with E-state index >= 15 is 0 Å². The predicted octanol–water partition coefficient (Wildman–Crippen LogP) is -0.959. The third kappa shape index (κ3) is 4.75. The molecule has 1 aromatic rings. The number of anilines is 1. The summed E-state index contributed by atoms with van der Waals surface area (Å²) in [5, 5.41) is 0. The Morgan fingerprint density at radius 2 is 1.29 bits per heavy atom. The smallest absolute Gasteiger partial charge is 0.325 e. The summed E-state index contributed by atoms with van der Waals surface area (Å²) in [5.41, 5.74) is 0. The van der Waals surface area contributed by atoms with Gasteiger partial charge in [0.25, 0.3) is 0 Å². The van der Waals surface area contributed by atoms with Crippen molar-refractivity contribution in [1.82, 2.24) is 15.0 Å². The second-order valence-electron chi connectivity index (χ2n) is 3.62. The summed E-state index contributed by atoms with van der Waals surface area (Å²) in [4.78, 5) is 35.9. The number of hydrogen-bond acceptors (Lipinski definition) is 10. The van der Waals surface area contributed by atoms with Gasteiger partial charge in [0, 0.05) is 0 Å². The summed E-state index contributed by atoms with van der Waals surface area (Å²) in [7, 11) is 5.19. The van der Waals surface area contributed by atoms with E-state index < -0.39 is 11.9 Å². The van der Waals surface area contributed by atoms with Gasteiger partial charge in [-0.15, -0.1) is 4.98 Å². The molecule has 0 aromatic carbocycles. The fourth-order valence-corrected chi connectivity index (χ4v) is 1.29. The summed E-state index contributed by atoms with van der Waals surface area (Å²) in [6.45, 7) is -0.496. The minimum atomic E-state index is -0.572. The summed E-state index contributed by atoms with van der Waals surface area (Å²) in [5.74, 6) is -1.12. The molecule has 0 unspecified atom stereocenters. The Labute approximate surface area is 121 Å². The SMILES string of the molecule is COC(=O)CN(CC(=O)OC)c1nc(OC)nc(OC)n1. The molecule has 0 radical (unpaired) electrons.